The maximum atomic E-state index is 13.2. The Morgan fingerprint density at radius 3 is 2.50 bits per heavy atom. The number of nitrogens with one attached hydrogen (secondary N) is 1. The highest BCUT2D eigenvalue weighted by molar-refractivity contribution is 6.05. The van der Waals surface area contributed by atoms with Crippen LogP contribution in [-0.4, -0.2) is 20.9 Å². The van der Waals surface area contributed by atoms with Crippen molar-refractivity contribution in [1.82, 2.24) is 15.0 Å². The van der Waals surface area contributed by atoms with E-state index in [1.807, 2.05) is 12.1 Å². The van der Waals surface area contributed by atoms with Crippen LogP contribution in [0.3, 0.4) is 0 Å². The van der Waals surface area contributed by atoms with E-state index in [1.165, 1.54) is 16.9 Å². The standard InChI is InChI=1S/C28H17FN4O3/c29-20-8-11-22(12-9-20)33-31-24-13-10-21(16-25(24)32-33)30-27(34)19-6-3-5-17(14-19)23-15-18-4-1-2-7-26(18)36-28(23)35/h1-16H,(H,30,34). The zero-order valence-corrected chi connectivity index (χ0v) is 18.7. The molecular weight excluding hydrogens is 459 g/mol. The van der Waals surface area contributed by atoms with Gasteiger partial charge in [-0.25, -0.2) is 9.18 Å². The summed E-state index contributed by atoms with van der Waals surface area (Å²) in [6, 6.07) is 26.9. The quantitative estimate of drug-likeness (QED) is 0.335. The van der Waals surface area contributed by atoms with Crippen molar-refractivity contribution < 1.29 is 13.6 Å². The van der Waals surface area contributed by atoms with Gasteiger partial charge in [-0.1, -0.05) is 30.3 Å². The monoisotopic (exact) mass is 476 g/mol. The van der Waals surface area contributed by atoms with Gasteiger partial charge in [-0.2, -0.15) is 4.80 Å². The van der Waals surface area contributed by atoms with Crippen LogP contribution >= 0.6 is 0 Å². The Morgan fingerprint density at radius 2 is 1.64 bits per heavy atom. The largest absolute Gasteiger partial charge is 0.422 e. The second-order valence-corrected chi connectivity index (χ2v) is 8.19. The van der Waals surface area contributed by atoms with E-state index in [9.17, 15) is 14.0 Å². The first-order chi connectivity index (χ1) is 17.5. The fourth-order valence-corrected chi connectivity index (χ4v) is 3.98. The Labute approximate surface area is 203 Å². The number of anilines is 1. The van der Waals surface area contributed by atoms with E-state index in [0.29, 0.717) is 44.7 Å². The zero-order chi connectivity index (χ0) is 24.6. The SMILES string of the molecule is O=C(Nc1ccc2nn(-c3ccc(F)cc3)nc2c1)c1cccc(-c2cc3ccccc3oc2=O)c1. The van der Waals surface area contributed by atoms with Gasteiger partial charge in [-0.05, 0) is 72.3 Å². The number of aromatic nitrogens is 3. The molecule has 0 aliphatic heterocycles. The number of amides is 1. The predicted molar refractivity (Wildman–Crippen MR) is 135 cm³/mol. The molecular formula is C28H17FN4O3. The van der Waals surface area contributed by atoms with Gasteiger partial charge in [0.1, 0.15) is 22.4 Å². The number of benzene rings is 4. The third kappa shape index (κ3) is 4.01. The summed E-state index contributed by atoms with van der Waals surface area (Å²) >= 11 is 0. The van der Waals surface area contributed by atoms with Crippen molar-refractivity contribution in [3.05, 3.63) is 119 Å². The van der Waals surface area contributed by atoms with Crippen LogP contribution in [-0.2, 0) is 0 Å². The summed E-state index contributed by atoms with van der Waals surface area (Å²) in [5.74, 6) is -0.682. The molecule has 2 aromatic heterocycles. The van der Waals surface area contributed by atoms with Crippen LogP contribution < -0.4 is 10.9 Å². The topological polar surface area (TPSA) is 90.0 Å². The molecule has 0 spiro atoms. The van der Waals surface area contributed by atoms with Gasteiger partial charge < -0.3 is 9.73 Å². The van der Waals surface area contributed by atoms with Crippen LogP contribution in [0.5, 0.6) is 0 Å². The van der Waals surface area contributed by atoms with Gasteiger partial charge in [-0.3, -0.25) is 4.79 Å². The van der Waals surface area contributed by atoms with Gasteiger partial charge in [0.2, 0.25) is 0 Å². The van der Waals surface area contributed by atoms with Gasteiger partial charge >= 0.3 is 5.63 Å². The third-order valence-corrected chi connectivity index (χ3v) is 5.77. The molecule has 0 bridgehead atoms. The van der Waals surface area contributed by atoms with Crippen LogP contribution in [0.4, 0.5) is 10.1 Å². The Bertz CT molecular complexity index is 1820. The number of para-hydroxylation sites is 1. The van der Waals surface area contributed by atoms with Crippen molar-refractivity contribution in [2.24, 2.45) is 0 Å². The number of hydrogen-bond donors (Lipinski definition) is 1. The summed E-state index contributed by atoms with van der Waals surface area (Å²) < 4.78 is 18.6. The minimum atomic E-state index is -0.471. The molecule has 0 saturated heterocycles. The summed E-state index contributed by atoms with van der Waals surface area (Å²) in [6.07, 6.45) is 0. The Balaban J connectivity index is 1.27. The van der Waals surface area contributed by atoms with Crippen molar-refractivity contribution >= 4 is 33.6 Å². The summed E-state index contributed by atoms with van der Waals surface area (Å²) in [5, 5.41) is 12.5. The number of nitrogens with zero attached hydrogens (tertiary/aromatic N) is 3. The van der Waals surface area contributed by atoms with E-state index in [1.54, 1.807) is 72.8 Å². The first-order valence-electron chi connectivity index (χ1n) is 11.1. The lowest BCUT2D eigenvalue weighted by Gasteiger charge is -2.07. The third-order valence-electron chi connectivity index (χ3n) is 5.77. The van der Waals surface area contributed by atoms with Crippen LogP contribution in [0.1, 0.15) is 10.4 Å². The van der Waals surface area contributed by atoms with Crippen molar-refractivity contribution in [3.63, 3.8) is 0 Å². The summed E-state index contributed by atoms with van der Waals surface area (Å²) in [7, 11) is 0. The van der Waals surface area contributed by atoms with Crippen LogP contribution in [0.2, 0.25) is 0 Å². The maximum absolute atomic E-state index is 13.2. The molecule has 1 N–H and O–H groups in total. The molecule has 174 valence electrons. The molecule has 8 heteroatoms. The molecule has 1 amide bonds. The highest BCUT2D eigenvalue weighted by Crippen LogP contribution is 2.23. The van der Waals surface area contributed by atoms with Gasteiger partial charge in [0.25, 0.3) is 5.91 Å². The fourth-order valence-electron chi connectivity index (χ4n) is 3.98. The normalized spacial score (nSPS) is 11.1. The molecule has 4 aromatic carbocycles. The smallest absolute Gasteiger partial charge is 0.344 e. The Hall–Kier alpha value is -5.11. The molecule has 36 heavy (non-hydrogen) atoms. The van der Waals surface area contributed by atoms with E-state index < -0.39 is 5.63 Å². The number of halogens is 1. The summed E-state index contributed by atoms with van der Waals surface area (Å²) in [4.78, 5) is 27.0. The molecule has 0 aliphatic rings. The van der Waals surface area contributed by atoms with Gasteiger partial charge in [0, 0.05) is 16.6 Å². The van der Waals surface area contributed by atoms with Gasteiger partial charge in [0.15, 0.2) is 0 Å². The van der Waals surface area contributed by atoms with Gasteiger partial charge in [-0.15, -0.1) is 10.2 Å². The first kappa shape index (κ1) is 21.4. The molecule has 0 radical (unpaired) electrons. The zero-order valence-electron chi connectivity index (χ0n) is 18.7. The number of fused-ring (bicyclic) bond motifs is 2. The van der Waals surface area contributed by atoms with Gasteiger partial charge in [0.05, 0.1) is 11.3 Å². The number of hydrogen-bond acceptors (Lipinski definition) is 5. The van der Waals surface area contributed by atoms with E-state index >= 15 is 0 Å². The minimum Gasteiger partial charge on any atom is -0.422 e. The van der Waals surface area contributed by atoms with Crippen molar-refractivity contribution in [1.29, 1.82) is 0 Å². The number of carbonyl (C=O) groups excluding carboxylic acids is 1. The molecule has 7 nitrogen and oxygen atoms in total. The second kappa shape index (κ2) is 8.59. The van der Waals surface area contributed by atoms with E-state index in [4.69, 9.17) is 4.42 Å². The van der Waals surface area contributed by atoms with E-state index in [2.05, 4.69) is 15.5 Å². The van der Waals surface area contributed by atoms with Crippen molar-refractivity contribution in [2.75, 3.05) is 5.32 Å². The Morgan fingerprint density at radius 1 is 0.833 bits per heavy atom. The molecule has 6 aromatic rings. The minimum absolute atomic E-state index is 0.340. The molecule has 0 saturated carbocycles. The number of rotatable bonds is 4. The average Bonchev–Trinajstić information content (AvgIpc) is 3.32. The molecule has 6 rings (SSSR count). The highest BCUT2D eigenvalue weighted by atomic mass is 19.1. The summed E-state index contributed by atoms with van der Waals surface area (Å²) in [6.45, 7) is 0. The molecule has 0 unspecified atom stereocenters. The van der Waals surface area contributed by atoms with Crippen LogP contribution in [0.25, 0.3) is 38.8 Å². The van der Waals surface area contributed by atoms with Crippen molar-refractivity contribution in [3.8, 4) is 16.8 Å². The maximum Gasteiger partial charge on any atom is 0.344 e. The number of carbonyl (C=O) groups is 1. The molecule has 0 fully saturated rings. The lowest BCUT2D eigenvalue weighted by atomic mass is 10.0. The molecule has 2 heterocycles. The first-order valence-corrected chi connectivity index (χ1v) is 11.1. The van der Waals surface area contributed by atoms with Crippen molar-refractivity contribution in [2.45, 2.75) is 0 Å². The lowest BCUT2D eigenvalue weighted by molar-refractivity contribution is 0.102. The van der Waals surface area contributed by atoms with E-state index in [0.717, 1.165) is 5.39 Å². The lowest BCUT2D eigenvalue weighted by Crippen LogP contribution is -2.12. The summed E-state index contributed by atoms with van der Waals surface area (Å²) in [5.41, 5.74) is 3.73. The molecule has 0 atom stereocenters. The average molecular weight is 476 g/mol. The molecule has 0 aliphatic carbocycles. The predicted octanol–water partition coefficient (Wildman–Crippen LogP) is 5.59. The van der Waals surface area contributed by atoms with Crippen LogP contribution in [0, 0.1) is 5.82 Å². The second-order valence-electron chi connectivity index (χ2n) is 8.19. The van der Waals surface area contributed by atoms with Crippen LogP contribution in [0.15, 0.2) is 106 Å². The Kier molecular flexibility index (Phi) is 5.11. The van der Waals surface area contributed by atoms with E-state index in [-0.39, 0.29) is 11.7 Å². The highest BCUT2D eigenvalue weighted by Gasteiger charge is 2.13. The fraction of sp³-hybridized carbons (Fsp3) is 0.